The van der Waals surface area contributed by atoms with Gasteiger partial charge in [0.15, 0.2) is 0 Å². The quantitative estimate of drug-likeness (QED) is 0.482. The third-order valence-electron chi connectivity index (χ3n) is 4.81. The van der Waals surface area contributed by atoms with E-state index in [1.165, 1.54) is 12.8 Å². The number of hydrogen-bond acceptors (Lipinski definition) is 0. The van der Waals surface area contributed by atoms with Gasteiger partial charge in [0.1, 0.15) is 0 Å². The third kappa shape index (κ3) is 0.436. The molecule has 2 aliphatic carbocycles. The van der Waals surface area contributed by atoms with Gasteiger partial charge in [-0.25, -0.2) is 0 Å². The molecule has 0 bridgehead atoms. The van der Waals surface area contributed by atoms with E-state index in [9.17, 15) is 0 Å². The van der Waals surface area contributed by atoms with E-state index in [1.807, 2.05) is 0 Å². The van der Waals surface area contributed by atoms with Crippen LogP contribution in [0.2, 0.25) is 0 Å². The lowest BCUT2D eigenvalue weighted by Gasteiger charge is -2.20. The number of hydrogen-bond donors (Lipinski definition) is 0. The van der Waals surface area contributed by atoms with Gasteiger partial charge in [0.05, 0.1) is 0 Å². The Morgan fingerprint density at radius 3 is 1.90 bits per heavy atom. The van der Waals surface area contributed by atoms with Crippen molar-refractivity contribution in [3.05, 3.63) is 0 Å². The van der Waals surface area contributed by atoms with Crippen LogP contribution in [-0.2, 0) is 0 Å². The van der Waals surface area contributed by atoms with Crippen molar-refractivity contribution in [2.24, 2.45) is 22.7 Å². The molecule has 2 saturated carbocycles. The molecule has 2 aliphatic rings. The van der Waals surface area contributed by atoms with E-state index in [1.54, 1.807) is 0 Å². The molecule has 0 heteroatoms. The standard InChI is InChI=1S/C10H18/c1-7-5-6-8-9(2,3)10(7,8)4/h7-8H,5-6H2,1-4H3/t7?,8-,10-/m0/s1. The first-order valence-electron chi connectivity index (χ1n) is 4.51. The highest BCUT2D eigenvalue weighted by Crippen LogP contribution is 2.78. The maximum absolute atomic E-state index is 2.48. The Bertz CT molecular complexity index is 169. The van der Waals surface area contributed by atoms with Crippen LogP contribution in [0.5, 0.6) is 0 Å². The van der Waals surface area contributed by atoms with Gasteiger partial charge in [0.25, 0.3) is 0 Å². The minimum absolute atomic E-state index is 0.671. The highest BCUT2D eigenvalue weighted by molar-refractivity contribution is 5.19. The van der Waals surface area contributed by atoms with Gasteiger partial charge in [-0.1, -0.05) is 27.7 Å². The zero-order chi connectivity index (χ0) is 7.57. The fraction of sp³-hybridized carbons (Fsp3) is 1.00. The molecule has 0 radical (unpaired) electrons. The first kappa shape index (κ1) is 6.69. The van der Waals surface area contributed by atoms with E-state index in [0.717, 1.165) is 11.8 Å². The summed E-state index contributed by atoms with van der Waals surface area (Å²) in [6.45, 7) is 9.78. The Morgan fingerprint density at radius 2 is 1.70 bits per heavy atom. The van der Waals surface area contributed by atoms with Crippen LogP contribution in [0.1, 0.15) is 40.5 Å². The lowest BCUT2D eigenvalue weighted by atomic mass is 9.85. The monoisotopic (exact) mass is 138 g/mol. The van der Waals surface area contributed by atoms with Crippen LogP contribution in [0.15, 0.2) is 0 Å². The Hall–Kier alpha value is 0. The van der Waals surface area contributed by atoms with Crippen molar-refractivity contribution in [1.82, 2.24) is 0 Å². The molecule has 0 amide bonds. The summed E-state index contributed by atoms with van der Waals surface area (Å²) in [7, 11) is 0. The molecule has 0 saturated heterocycles. The van der Waals surface area contributed by atoms with Gasteiger partial charge in [-0.3, -0.25) is 0 Å². The predicted molar refractivity (Wildman–Crippen MR) is 43.8 cm³/mol. The Balaban J connectivity index is 2.29. The van der Waals surface area contributed by atoms with Gasteiger partial charge in [0.2, 0.25) is 0 Å². The first-order valence-corrected chi connectivity index (χ1v) is 4.51. The number of fused-ring (bicyclic) bond motifs is 1. The molecule has 2 rings (SSSR count). The molecule has 1 unspecified atom stereocenters. The second-order valence-electron chi connectivity index (χ2n) is 5.04. The van der Waals surface area contributed by atoms with Crippen molar-refractivity contribution in [2.45, 2.75) is 40.5 Å². The van der Waals surface area contributed by atoms with Crippen LogP contribution >= 0.6 is 0 Å². The van der Waals surface area contributed by atoms with Crippen molar-refractivity contribution in [1.29, 1.82) is 0 Å². The third-order valence-corrected chi connectivity index (χ3v) is 4.81. The van der Waals surface area contributed by atoms with Crippen molar-refractivity contribution in [2.75, 3.05) is 0 Å². The maximum atomic E-state index is 2.48. The molecule has 58 valence electrons. The van der Waals surface area contributed by atoms with E-state index in [2.05, 4.69) is 27.7 Å². The van der Waals surface area contributed by atoms with Crippen LogP contribution in [0.4, 0.5) is 0 Å². The van der Waals surface area contributed by atoms with Crippen LogP contribution < -0.4 is 0 Å². The van der Waals surface area contributed by atoms with Gasteiger partial charge in [0, 0.05) is 0 Å². The molecule has 0 aromatic carbocycles. The highest BCUT2D eigenvalue weighted by atomic mass is 14.8. The zero-order valence-corrected chi connectivity index (χ0v) is 7.57. The molecule has 0 aromatic rings. The summed E-state index contributed by atoms with van der Waals surface area (Å²) in [5, 5.41) is 0. The van der Waals surface area contributed by atoms with Gasteiger partial charge < -0.3 is 0 Å². The van der Waals surface area contributed by atoms with E-state index in [4.69, 9.17) is 0 Å². The summed E-state index contributed by atoms with van der Waals surface area (Å²) in [6, 6.07) is 0. The molecule has 0 N–H and O–H groups in total. The molecule has 0 aliphatic heterocycles. The molecule has 3 atom stereocenters. The van der Waals surface area contributed by atoms with Crippen molar-refractivity contribution >= 4 is 0 Å². The fourth-order valence-electron chi connectivity index (χ4n) is 3.49. The smallest absolute Gasteiger partial charge is 0.0212 e. The average Bonchev–Trinajstić information content (AvgIpc) is 2.19. The Labute approximate surface area is 64.0 Å². The Kier molecular flexibility index (Phi) is 0.964. The van der Waals surface area contributed by atoms with Crippen LogP contribution in [0.3, 0.4) is 0 Å². The Morgan fingerprint density at radius 1 is 1.10 bits per heavy atom. The largest absolute Gasteiger partial charge is 0.0620 e. The molecular formula is C10H18. The summed E-state index contributed by atoms with van der Waals surface area (Å²) >= 11 is 0. The fourth-order valence-corrected chi connectivity index (χ4v) is 3.49. The van der Waals surface area contributed by atoms with Gasteiger partial charge in [-0.15, -0.1) is 0 Å². The molecule has 0 heterocycles. The summed E-state index contributed by atoms with van der Waals surface area (Å²) in [6.07, 6.45) is 2.97. The molecule has 10 heavy (non-hydrogen) atoms. The second kappa shape index (κ2) is 1.44. The van der Waals surface area contributed by atoms with Crippen molar-refractivity contribution < 1.29 is 0 Å². The van der Waals surface area contributed by atoms with E-state index in [0.29, 0.717) is 10.8 Å². The minimum Gasteiger partial charge on any atom is -0.0620 e. The first-order chi connectivity index (χ1) is 4.51. The SMILES string of the molecule is CC1CC[C@H]2C(C)(C)[C@@]12C. The lowest BCUT2D eigenvalue weighted by Crippen LogP contribution is -2.12. The lowest BCUT2D eigenvalue weighted by molar-refractivity contribution is 0.289. The summed E-state index contributed by atoms with van der Waals surface area (Å²) in [5.74, 6) is 2.03. The maximum Gasteiger partial charge on any atom is -0.0212 e. The summed E-state index contributed by atoms with van der Waals surface area (Å²) < 4.78 is 0. The number of rotatable bonds is 0. The van der Waals surface area contributed by atoms with E-state index < -0.39 is 0 Å². The molecule has 0 nitrogen and oxygen atoms in total. The van der Waals surface area contributed by atoms with E-state index >= 15 is 0 Å². The average molecular weight is 138 g/mol. The van der Waals surface area contributed by atoms with Gasteiger partial charge >= 0.3 is 0 Å². The summed E-state index contributed by atoms with van der Waals surface area (Å²) in [5.41, 5.74) is 1.39. The van der Waals surface area contributed by atoms with E-state index in [-0.39, 0.29) is 0 Å². The van der Waals surface area contributed by atoms with Gasteiger partial charge in [-0.2, -0.15) is 0 Å². The molecule has 2 fully saturated rings. The second-order valence-corrected chi connectivity index (χ2v) is 5.04. The minimum atomic E-state index is 0.671. The normalized spacial score (nSPS) is 56.4. The highest BCUT2D eigenvalue weighted by Gasteiger charge is 2.71. The molecular weight excluding hydrogens is 120 g/mol. The van der Waals surface area contributed by atoms with Crippen LogP contribution in [-0.4, -0.2) is 0 Å². The van der Waals surface area contributed by atoms with Crippen molar-refractivity contribution in [3.8, 4) is 0 Å². The van der Waals surface area contributed by atoms with Crippen LogP contribution in [0, 0.1) is 22.7 Å². The van der Waals surface area contributed by atoms with Crippen LogP contribution in [0.25, 0.3) is 0 Å². The topological polar surface area (TPSA) is 0 Å². The molecule has 0 spiro atoms. The summed E-state index contributed by atoms with van der Waals surface area (Å²) in [4.78, 5) is 0. The molecule has 0 aromatic heterocycles. The van der Waals surface area contributed by atoms with Crippen molar-refractivity contribution in [3.63, 3.8) is 0 Å². The van der Waals surface area contributed by atoms with Gasteiger partial charge in [-0.05, 0) is 35.5 Å². The zero-order valence-electron chi connectivity index (χ0n) is 7.57. The predicted octanol–water partition coefficient (Wildman–Crippen LogP) is 3.08.